The van der Waals surface area contributed by atoms with Crippen molar-refractivity contribution in [1.82, 2.24) is 15.2 Å². The van der Waals surface area contributed by atoms with Crippen LogP contribution in [0.5, 0.6) is 0 Å². The summed E-state index contributed by atoms with van der Waals surface area (Å²) in [4.78, 5) is 11.8. The van der Waals surface area contributed by atoms with Gasteiger partial charge in [0.15, 0.2) is 5.11 Å². The van der Waals surface area contributed by atoms with E-state index in [1.54, 1.807) is 12.1 Å². The fraction of sp³-hybridized carbons (Fsp3) is 0.125. The molecule has 1 aromatic heterocycles. The summed E-state index contributed by atoms with van der Waals surface area (Å²) in [5, 5.41) is 6.73. The second kappa shape index (κ2) is 6.00. The number of carbonyl (C=O) groups is 1. The molecular formula is C16H13Cl2N3OS. The van der Waals surface area contributed by atoms with E-state index in [2.05, 4.69) is 15.2 Å². The summed E-state index contributed by atoms with van der Waals surface area (Å²) < 4.78 is 2.06. The van der Waals surface area contributed by atoms with Gasteiger partial charge < -0.3 is 9.88 Å². The number of halogens is 2. The molecule has 0 atom stereocenters. The summed E-state index contributed by atoms with van der Waals surface area (Å²) >= 11 is 17.0. The smallest absolute Gasteiger partial charge is 0.273 e. The number of hydrogen-bond donors (Lipinski definition) is 2. The summed E-state index contributed by atoms with van der Waals surface area (Å²) in [6.07, 6.45) is 1.78. The molecule has 0 unspecified atom stereocenters. The third-order valence-electron chi connectivity index (χ3n) is 3.65. The highest BCUT2D eigenvalue weighted by Crippen LogP contribution is 2.28. The summed E-state index contributed by atoms with van der Waals surface area (Å²) in [7, 11) is 0. The van der Waals surface area contributed by atoms with Crippen molar-refractivity contribution in [3.8, 4) is 5.69 Å². The minimum atomic E-state index is -0.227. The summed E-state index contributed by atoms with van der Waals surface area (Å²) in [5.41, 5.74) is 4.29. The second-order valence-corrected chi connectivity index (χ2v) is 6.45. The van der Waals surface area contributed by atoms with Gasteiger partial charge in [-0.05, 0) is 62.0 Å². The fourth-order valence-electron chi connectivity index (χ4n) is 2.59. The molecule has 0 radical (unpaired) electrons. The Labute approximate surface area is 149 Å². The van der Waals surface area contributed by atoms with Crippen LogP contribution >= 0.6 is 35.4 Å². The zero-order valence-electron chi connectivity index (χ0n) is 12.4. The molecule has 118 valence electrons. The van der Waals surface area contributed by atoms with Crippen LogP contribution in [0.1, 0.15) is 17.0 Å². The molecular weight excluding hydrogens is 353 g/mol. The van der Waals surface area contributed by atoms with E-state index < -0.39 is 0 Å². The van der Waals surface area contributed by atoms with Crippen molar-refractivity contribution in [3.05, 3.63) is 57.0 Å². The van der Waals surface area contributed by atoms with Gasteiger partial charge in [0.25, 0.3) is 5.91 Å². The molecule has 1 saturated heterocycles. The van der Waals surface area contributed by atoms with Crippen molar-refractivity contribution in [3.63, 3.8) is 0 Å². The highest BCUT2D eigenvalue weighted by molar-refractivity contribution is 7.80. The monoisotopic (exact) mass is 365 g/mol. The molecule has 1 aliphatic rings. The van der Waals surface area contributed by atoms with Gasteiger partial charge in [-0.15, -0.1) is 0 Å². The quantitative estimate of drug-likeness (QED) is 0.629. The van der Waals surface area contributed by atoms with Gasteiger partial charge in [0.2, 0.25) is 0 Å². The van der Waals surface area contributed by atoms with Crippen LogP contribution in [0.15, 0.2) is 30.0 Å². The van der Waals surface area contributed by atoms with Crippen molar-refractivity contribution < 1.29 is 4.79 Å². The summed E-state index contributed by atoms with van der Waals surface area (Å²) in [5.74, 6) is -0.227. The van der Waals surface area contributed by atoms with Gasteiger partial charge >= 0.3 is 0 Å². The normalized spacial score (nSPS) is 15.9. The average molecular weight is 366 g/mol. The molecule has 0 bridgehead atoms. The number of carbonyl (C=O) groups excluding carboxylic acids is 1. The lowest BCUT2D eigenvalue weighted by Gasteiger charge is -2.10. The van der Waals surface area contributed by atoms with E-state index in [1.165, 1.54) is 0 Å². The van der Waals surface area contributed by atoms with E-state index in [-0.39, 0.29) is 5.91 Å². The predicted octanol–water partition coefficient (Wildman–Crippen LogP) is 3.75. The van der Waals surface area contributed by atoms with Crippen LogP contribution in [0.4, 0.5) is 0 Å². The number of hydrogen-bond acceptors (Lipinski definition) is 2. The molecule has 23 heavy (non-hydrogen) atoms. The average Bonchev–Trinajstić information content (AvgIpc) is 2.93. The maximum absolute atomic E-state index is 11.8. The molecule has 2 aromatic rings. The van der Waals surface area contributed by atoms with Gasteiger partial charge in [-0.25, -0.2) is 0 Å². The first kappa shape index (κ1) is 16.1. The van der Waals surface area contributed by atoms with Crippen molar-refractivity contribution in [2.75, 3.05) is 0 Å². The minimum Gasteiger partial charge on any atom is -0.328 e. The van der Waals surface area contributed by atoms with Gasteiger partial charge in [-0.3, -0.25) is 10.1 Å². The highest BCUT2D eigenvalue weighted by Gasteiger charge is 2.21. The van der Waals surface area contributed by atoms with Crippen LogP contribution in [-0.4, -0.2) is 15.6 Å². The topological polar surface area (TPSA) is 46.1 Å². The zero-order chi connectivity index (χ0) is 16.7. The van der Waals surface area contributed by atoms with Crippen LogP contribution in [0, 0.1) is 13.8 Å². The Morgan fingerprint density at radius 1 is 1.13 bits per heavy atom. The zero-order valence-corrected chi connectivity index (χ0v) is 14.7. The lowest BCUT2D eigenvalue weighted by molar-refractivity contribution is -0.115. The van der Waals surface area contributed by atoms with E-state index in [9.17, 15) is 4.79 Å². The SMILES string of the molecule is Cc1cc(/C=C2/NC(=S)NC2=O)c(C)n1-c1ccc(Cl)c(Cl)c1. The molecule has 3 rings (SSSR count). The first-order valence-electron chi connectivity index (χ1n) is 6.85. The van der Waals surface area contributed by atoms with Crippen LogP contribution in [0.25, 0.3) is 11.8 Å². The maximum atomic E-state index is 11.8. The number of aryl methyl sites for hydroxylation is 1. The first-order valence-corrected chi connectivity index (χ1v) is 8.01. The molecule has 0 saturated carbocycles. The van der Waals surface area contributed by atoms with Gasteiger partial charge in [-0.2, -0.15) is 0 Å². The van der Waals surface area contributed by atoms with Crippen LogP contribution in [0.3, 0.4) is 0 Å². The van der Waals surface area contributed by atoms with Crippen molar-refractivity contribution in [2.24, 2.45) is 0 Å². The third kappa shape index (κ3) is 3.00. The Morgan fingerprint density at radius 2 is 1.87 bits per heavy atom. The Morgan fingerprint density at radius 3 is 2.48 bits per heavy atom. The van der Waals surface area contributed by atoms with E-state index in [0.29, 0.717) is 20.9 Å². The van der Waals surface area contributed by atoms with Gasteiger partial charge in [0, 0.05) is 17.1 Å². The van der Waals surface area contributed by atoms with Gasteiger partial charge in [-0.1, -0.05) is 23.2 Å². The molecule has 1 fully saturated rings. The molecule has 2 heterocycles. The number of nitrogens with zero attached hydrogens (tertiary/aromatic N) is 1. The highest BCUT2D eigenvalue weighted by atomic mass is 35.5. The lowest BCUT2D eigenvalue weighted by Crippen LogP contribution is -2.21. The van der Waals surface area contributed by atoms with E-state index in [0.717, 1.165) is 22.6 Å². The number of benzene rings is 1. The summed E-state index contributed by atoms with van der Waals surface area (Å²) in [6, 6.07) is 7.49. The number of thiocarbonyl (C=S) groups is 1. The Hall–Kier alpha value is -1.82. The molecule has 1 aromatic carbocycles. The van der Waals surface area contributed by atoms with E-state index >= 15 is 0 Å². The van der Waals surface area contributed by atoms with Gasteiger partial charge in [0.05, 0.1) is 10.0 Å². The van der Waals surface area contributed by atoms with Crippen LogP contribution in [-0.2, 0) is 4.79 Å². The number of nitrogens with one attached hydrogen (secondary N) is 2. The van der Waals surface area contributed by atoms with Crippen molar-refractivity contribution in [1.29, 1.82) is 0 Å². The van der Waals surface area contributed by atoms with Crippen LogP contribution in [0.2, 0.25) is 10.0 Å². The van der Waals surface area contributed by atoms with Crippen molar-refractivity contribution in [2.45, 2.75) is 13.8 Å². The standard InChI is InChI=1S/C16H13Cl2N3OS/c1-8-5-10(6-14-15(22)20-16(23)19-14)9(2)21(8)11-3-4-12(17)13(18)7-11/h3-7H,1-2H3,(H2,19,20,22,23)/b14-6+. The Kier molecular flexibility index (Phi) is 4.19. The number of rotatable bonds is 2. The molecule has 4 nitrogen and oxygen atoms in total. The molecule has 7 heteroatoms. The largest absolute Gasteiger partial charge is 0.328 e. The number of aromatic nitrogens is 1. The van der Waals surface area contributed by atoms with E-state index in [1.807, 2.05) is 32.0 Å². The van der Waals surface area contributed by atoms with E-state index in [4.69, 9.17) is 35.4 Å². The minimum absolute atomic E-state index is 0.227. The van der Waals surface area contributed by atoms with Crippen molar-refractivity contribution >= 4 is 52.5 Å². The molecule has 2 N–H and O–H groups in total. The van der Waals surface area contributed by atoms with Gasteiger partial charge in [0.1, 0.15) is 5.70 Å². The maximum Gasteiger partial charge on any atom is 0.273 e. The lowest BCUT2D eigenvalue weighted by atomic mass is 10.2. The molecule has 0 spiro atoms. The molecule has 1 amide bonds. The predicted molar refractivity (Wildman–Crippen MR) is 97.1 cm³/mol. The molecule has 1 aliphatic heterocycles. The Bertz CT molecular complexity index is 870. The molecule has 0 aliphatic carbocycles. The fourth-order valence-corrected chi connectivity index (χ4v) is 3.09. The number of amides is 1. The van der Waals surface area contributed by atoms with Crippen LogP contribution < -0.4 is 10.6 Å². The second-order valence-electron chi connectivity index (χ2n) is 5.23. The first-order chi connectivity index (χ1) is 10.9. The Balaban J connectivity index is 2.06. The third-order valence-corrected chi connectivity index (χ3v) is 4.59. The summed E-state index contributed by atoms with van der Waals surface area (Å²) in [6.45, 7) is 3.97.